The smallest absolute Gasteiger partial charge is 0.318 e. The average Bonchev–Trinajstić information content (AvgIpc) is 3.14. The monoisotopic (exact) mass is 354 g/mol. The maximum absolute atomic E-state index is 12.7. The predicted molar refractivity (Wildman–Crippen MR) is 104 cm³/mol. The molecule has 1 aromatic carbocycles. The summed E-state index contributed by atoms with van der Waals surface area (Å²) in [5.74, 6) is 0.674. The molecular formula is C21H30N4O. The van der Waals surface area contributed by atoms with Gasteiger partial charge in [0.1, 0.15) is 0 Å². The number of amides is 2. The molecular weight excluding hydrogens is 324 g/mol. The van der Waals surface area contributed by atoms with Crippen LogP contribution in [0, 0.1) is 12.8 Å². The van der Waals surface area contributed by atoms with Crippen LogP contribution in [0.5, 0.6) is 0 Å². The van der Waals surface area contributed by atoms with E-state index in [-0.39, 0.29) is 11.6 Å². The summed E-state index contributed by atoms with van der Waals surface area (Å²) in [6, 6.07) is 10.4. The molecule has 26 heavy (non-hydrogen) atoms. The van der Waals surface area contributed by atoms with E-state index in [0.29, 0.717) is 5.92 Å². The van der Waals surface area contributed by atoms with E-state index in [1.807, 2.05) is 28.0 Å². The van der Waals surface area contributed by atoms with Crippen LogP contribution in [0.25, 0.3) is 0 Å². The molecule has 1 saturated heterocycles. The van der Waals surface area contributed by atoms with Crippen molar-refractivity contribution in [3.05, 3.63) is 53.9 Å². The number of nitrogens with zero attached hydrogens (tertiary/aromatic N) is 3. The first-order valence-corrected chi connectivity index (χ1v) is 9.56. The third kappa shape index (κ3) is 4.65. The van der Waals surface area contributed by atoms with Crippen molar-refractivity contribution in [3.63, 3.8) is 0 Å². The van der Waals surface area contributed by atoms with Gasteiger partial charge in [-0.3, -0.25) is 4.68 Å². The van der Waals surface area contributed by atoms with E-state index in [1.165, 1.54) is 5.56 Å². The molecule has 1 aliphatic rings. The van der Waals surface area contributed by atoms with E-state index >= 15 is 0 Å². The molecule has 5 heteroatoms. The molecule has 1 N–H and O–H groups in total. The van der Waals surface area contributed by atoms with Gasteiger partial charge in [-0.15, -0.1) is 0 Å². The first-order chi connectivity index (χ1) is 12.4. The largest absolute Gasteiger partial charge is 0.329 e. The predicted octanol–water partition coefficient (Wildman–Crippen LogP) is 3.94. The van der Waals surface area contributed by atoms with Gasteiger partial charge < -0.3 is 10.2 Å². The maximum atomic E-state index is 12.7. The molecule has 0 spiro atoms. The Kier molecular flexibility index (Phi) is 5.64. The number of benzene rings is 1. The van der Waals surface area contributed by atoms with Crippen LogP contribution in [0.3, 0.4) is 0 Å². The van der Waals surface area contributed by atoms with Gasteiger partial charge in [-0.1, -0.05) is 29.8 Å². The average molecular weight is 354 g/mol. The molecule has 0 aliphatic carbocycles. The van der Waals surface area contributed by atoms with Crippen molar-refractivity contribution in [2.75, 3.05) is 13.1 Å². The van der Waals surface area contributed by atoms with Crippen molar-refractivity contribution in [3.8, 4) is 0 Å². The second-order valence-electron chi connectivity index (χ2n) is 7.91. The number of carbonyl (C=O) groups is 1. The molecule has 0 bridgehead atoms. The number of urea groups is 1. The molecule has 2 heterocycles. The summed E-state index contributed by atoms with van der Waals surface area (Å²) in [6.07, 6.45) is 7.10. The van der Waals surface area contributed by atoms with Gasteiger partial charge in [-0.25, -0.2) is 4.79 Å². The summed E-state index contributed by atoms with van der Waals surface area (Å²) >= 11 is 0. The number of carbonyl (C=O) groups excluding carboxylic acids is 1. The molecule has 0 atom stereocenters. The molecule has 1 aromatic heterocycles. The molecule has 3 rings (SSSR count). The number of hydrogen-bond acceptors (Lipinski definition) is 2. The lowest BCUT2D eigenvalue weighted by atomic mass is 9.92. The second kappa shape index (κ2) is 7.94. The fourth-order valence-corrected chi connectivity index (χ4v) is 3.56. The van der Waals surface area contributed by atoms with E-state index in [1.54, 1.807) is 0 Å². The van der Waals surface area contributed by atoms with Crippen LogP contribution in [0.15, 0.2) is 42.7 Å². The fraction of sp³-hybridized carbons (Fsp3) is 0.524. The van der Waals surface area contributed by atoms with E-state index in [4.69, 9.17) is 0 Å². The quantitative estimate of drug-likeness (QED) is 0.884. The summed E-state index contributed by atoms with van der Waals surface area (Å²) in [4.78, 5) is 14.7. The molecule has 140 valence electrons. The molecule has 0 saturated carbocycles. The maximum Gasteiger partial charge on any atom is 0.318 e. The standard InChI is InChI=1S/C21H30N4O/c1-17-5-7-19(8-6-17)21(2,3)23-20(26)24-14-9-18(10-15-24)11-16-25-13-4-12-22-25/h4-8,12-13,18H,9-11,14-16H2,1-3H3,(H,23,26). The van der Waals surface area contributed by atoms with Gasteiger partial charge in [-0.2, -0.15) is 5.10 Å². The van der Waals surface area contributed by atoms with Gasteiger partial charge in [0.25, 0.3) is 0 Å². The minimum Gasteiger partial charge on any atom is -0.329 e. The topological polar surface area (TPSA) is 50.2 Å². The Bertz CT molecular complexity index is 698. The van der Waals surface area contributed by atoms with Crippen LogP contribution < -0.4 is 5.32 Å². The third-order valence-electron chi connectivity index (χ3n) is 5.42. The highest BCUT2D eigenvalue weighted by atomic mass is 16.2. The Hall–Kier alpha value is -2.30. The Morgan fingerprint density at radius 3 is 2.54 bits per heavy atom. The molecule has 2 aromatic rings. The van der Waals surface area contributed by atoms with E-state index in [0.717, 1.165) is 44.5 Å². The zero-order valence-electron chi connectivity index (χ0n) is 16.1. The molecule has 0 unspecified atom stereocenters. The highest BCUT2D eigenvalue weighted by Gasteiger charge is 2.28. The Morgan fingerprint density at radius 1 is 1.23 bits per heavy atom. The number of nitrogens with one attached hydrogen (secondary N) is 1. The van der Waals surface area contributed by atoms with Gasteiger partial charge >= 0.3 is 6.03 Å². The van der Waals surface area contributed by atoms with Gasteiger partial charge in [0.2, 0.25) is 0 Å². The lowest BCUT2D eigenvalue weighted by Gasteiger charge is -2.35. The van der Waals surface area contributed by atoms with Crippen LogP contribution in [0.2, 0.25) is 0 Å². The first kappa shape index (κ1) is 18.5. The second-order valence-corrected chi connectivity index (χ2v) is 7.91. The van der Waals surface area contributed by atoms with Gasteiger partial charge in [0.15, 0.2) is 0 Å². The van der Waals surface area contributed by atoms with Crippen LogP contribution in [-0.2, 0) is 12.1 Å². The zero-order valence-corrected chi connectivity index (χ0v) is 16.1. The lowest BCUT2D eigenvalue weighted by Crippen LogP contribution is -2.50. The molecule has 2 amide bonds. The molecule has 5 nitrogen and oxygen atoms in total. The van der Waals surface area contributed by atoms with Crippen LogP contribution in [-0.4, -0.2) is 33.8 Å². The van der Waals surface area contributed by atoms with Gasteiger partial charge in [0.05, 0.1) is 5.54 Å². The van der Waals surface area contributed by atoms with Crippen molar-refractivity contribution < 1.29 is 4.79 Å². The minimum atomic E-state index is -0.373. The van der Waals surface area contributed by atoms with Gasteiger partial charge in [-0.05, 0) is 57.6 Å². The van der Waals surface area contributed by atoms with Crippen molar-refractivity contribution >= 4 is 6.03 Å². The van der Waals surface area contributed by atoms with Gasteiger partial charge in [0, 0.05) is 32.0 Å². The Balaban J connectivity index is 1.47. The minimum absolute atomic E-state index is 0.0427. The molecule has 1 aliphatic heterocycles. The number of piperidine rings is 1. The third-order valence-corrected chi connectivity index (χ3v) is 5.42. The van der Waals surface area contributed by atoms with E-state index < -0.39 is 0 Å². The summed E-state index contributed by atoms with van der Waals surface area (Å²) in [5.41, 5.74) is 1.99. The zero-order chi connectivity index (χ0) is 18.6. The Morgan fingerprint density at radius 2 is 1.92 bits per heavy atom. The highest BCUT2D eigenvalue weighted by molar-refractivity contribution is 5.75. The Labute approximate surface area is 156 Å². The molecule has 1 fully saturated rings. The van der Waals surface area contributed by atoms with Crippen LogP contribution in [0.4, 0.5) is 4.79 Å². The summed E-state index contributed by atoms with van der Waals surface area (Å²) in [6.45, 7) is 8.83. The number of rotatable bonds is 5. The number of hydrogen-bond donors (Lipinski definition) is 1. The summed E-state index contributed by atoms with van der Waals surface area (Å²) in [7, 11) is 0. The highest BCUT2D eigenvalue weighted by Crippen LogP contribution is 2.24. The lowest BCUT2D eigenvalue weighted by molar-refractivity contribution is 0.158. The van der Waals surface area contributed by atoms with Crippen molar-refractivity contribution in [2.45, 2.75) is 52.1 Å². The first-order valence-electron chi connectivity index (χ1n) is 9.56. The summed E-state index contributed by atoms with van der Waals surface area (Å²) < 4.78 is 1.99. The number of aryl methyl sites for hydroxylation is 2. The normalized spacial score (nSPS) is 15.9. The van der Waals surface area contributed by atoms with Crippen LogP contribution >= 0.6 is 0 Å². The molecule has 0 radical (unpaired) electrons. The number of likely N-dealkylation sites (tertiary alicyclic amines) is 1. The van der Waals surface area contributed by atoms with Crippen molar-refractivity contribution in [2.24, 2.45) is 5.92 Å². The van der Waals surface area contributed by atoms with Crippen LogP contribution in [0.1, 0.15) is 44.2 Å². The fourth-order valence-electron chi connectivity index (χ4n) is 3.56. The van der Waals surface area contributed by atoms with E-state index in [2.05, 4.69) is 55.5 Å². The summed E-state index contributed by atoms with van der Waals surface area (Å²) in [5, 5.41) is 7.46. The van der Waals surface area contributed by atoms with Crippen molar-refractivity contribution in [1.82, 2.24) is 20.0 Å². The van der Waals surface area contributed by atoms with Crippen molar-refractivity contribution in [1.29, 1.82) is 0 Å². The van der Waals surface area contributed by atoms with E-state index in [9.17, 15) is 4.79 Å². The SMILES string of the molecule is Cc1ccc(C(C)(C)NC(=O)N2CCC(CCn3cccn3)CC2)cc1. The number of aromatic nitrogens is 2.